The normalized spacial score (nSPS) is 13.4. The van der Waals surface area contributed by atoms with Gasteiger partial charge in [0, 0.05) is 37.6 Å². The van der Waals surface area contributed by atoms with E-state index >= 15 is 0 Å². The Balaban J connectivity index is 1.04. The molecule has 1 aromatic heterocycles. The molecule has 1 aliphatic rings. The van der Waals surface area contributed by atoms with Crippen LogP contribution in [0.4, 0.5) is 11.4 Å². The van der Waals surface area contributed by atoms with Gasteiger partial charge in [0.05, 0.1) is 16.3 Å². The largest absolute Gasteiger partial charge is 0.368 e. The molecule has 5 aromatic rings. The zero-order valence-electron chi connectivity index (χ0n) is 23.0. The first-order valence-corrected chi connectivity index (χ1v) is 15.3. The molecule has 0 atom stereocenters. The summed E-state index contributed by atoms with van der Waals surface area (Å²) in [5, 5.41) is 4.45. The van der Waals surface area contributed by atoms with Gasteiger partial charge in [-0.25, -0.2) is 9.55 Å². The van der Waals surface area contributed by atoms with Gasteiger partial charge in [0.25, 0.3) is 5.91 Å². The van der Waals surface area contributed by atoms with Crippen molar-refractivity contribution in [1.82, 2.24) is 9.88 Å². The fourth-order valence-corrected chi connectivity index (χ4v) is 6.26. The summed E-state index contributed by atoms with van der Waals surface area (Å²) in [5.41, 5.74) is 5.71. The lowest BCUT2D eigenvalue weighted by Crippen LogP contribution is -2.48. The van der Waals surface area contributed by atoms with Gasteiger partial charge in [-0.15, -0.1) is 0 Å². The highest BCUT2D eigenvalue weighted by Gasteiger charge is 2.24. The SMILES string of the molecule is O=C(CSc1[nH]c2ccccc2[n+]1Cc1ccccc1)Nc1ccc(N2CCN(C(=O)c3ccccc3Cl)CC2)cc1. The number of thioether (sulfide) groups is 1. The van der Waals surface area contributed by atoms with Crippen molar-refractivity contribution in [2.75, 3.05) is 42.1 Å². The number of amides is 2. The number of rotatable bonds is 8. The van der Waals surface area contributed by atoms with Crippen molar-refractivity contribution in [2.45, 2.75) is 11.7 Å². The number of H-pyrrole nitrogens is 1. The number of aromatic amines is 1. The third-order valence-electron chi connectivity index (χ3n) is 7.39. The number of benzene rings is 4. The summed E-state index contributed by atoms with van der Waals surface area (Å²) in [6.07, 6.45) is 0. The molecule has 0 aliphatic carbocycles. The number of anilines is 2. The molecule has 0 radical (unpaired) electrons. The second-order valence-electron chi connectivity index (χ2n) is 10.2. The van der Waals surface area contributed by atoms with Gasteiger partial charge in [-0.3, -0.25) is 9.59 Å². The Morgan fingerprint density at radius 3 is 2.29 bits per heavy atom. The van der Waals surface area contributed by atoms with E-state index in [-0.39, 0.29) is 17.6 Å². The fourth-order valence-electron chi connectivity index (χ4n) is 5.20. The minimum Gasteiger partial charge on any atom is -0.368 e. The summed E-state index contributed by atoms with van der Waals surface area (Å²) in [4.78, 5) is 33.3. The zero-order valence-corrected chi connectivity index (χ0v) is 24.6. The van der Waals surface area contributed by atoms with Gasteiger partial charge >= 0.3 is 5.16 Å². The second-order valence-corrected chi connectivity index (χ2v) is 11.5. The Bertz CT molecular complexity index is 1700. The van der Waals surface area contributed by atoms with Crippen molar-refractivity contribution in [3.63, 3.8) is 0 Å². The van der Waals surface area contributed by atoms with Crippen LogP contribution in [0.25, 0.3) is 11.0 Å². The van der Waals surface area contributed by atoms with Crippen LogP contribution < -0.4 is 14.8 Å². The summed E-state index contributed by atoms with van der Waals surface area (Å²) < 4.78 is 2.22. The van der Waals surface area contributed by atoms with E-state index in [1.54, 1.807) is 12.1 Å². The van der Waals surface area contributed by atoms with Crippen LogP contribution >= 0.6 is 23.4 Å². The Labute approximate surface area is 254 Å². The van der Waals surface area contributed by atoms with Crippen LogP contribution in [-0.4, -0.2) is 53.6 Å². The number of imidazole rings is 1. The number of para-hydroxylation sites is 2. The van der Waals surface area contributed by atoms with Crippen LogP contribution in [0.15, 0.2) is 108 Å². The van der Waals surface area contributed by atoms with Crippen molar-refractivity contribution in [2.24, 2.45) is 0 Å². The molecule has 1 fully saturated rings. The highest BCUT2D eigenvalue weighted by Crippen LogP contribution is 2.23. The molecule has 0 spiro atoms. The maximum atomic E-state index is 12.9. The topological polar surface area (TPSA) is 72.3 Å². The Morgan fingerprint density at radius 2 is 1.52 bits per heavy atom. The number of halogens is 1. The molecular formula is C33H31ClN5O2S+. The first-order valence-electron chi connectivity index (χ1n) is 13.9. The number of hydrogen-bond donors (Lipinski definition) is 2. The molecule has 2 heterocycles. The summed E-state index contributed by atoms with van der Waals surface area (Å²) in [6, 6.07) is 33.6. The van der Waals surface area contributed by atoms with E-state index in [9.17, 15) is 9.59 Å². The standard InChI is InChI=1S/C33H30ClN5O2S/c34-28-11-5-4-10-27(28)32(41)38-20-18-37(19-21-38)26-16-14-25(15-17-26)35-31(40)23-42-33-36-29-12-6-7-13-30(29)39(33)22-24-8-2-1-3-9-24/h1-17H,18-23H2,(H,35,40)/p+1. The molecule has 7 nitrogen and oxygen atoms in total. The highest BCUT2D eigenvalue weighted by atomic mass is 35.5. The number of nitrogens with zero attached hydrogens (tertiary/aromatic N) is 3. The van der Waals surface area contributed by atoms with Crippen molar-refractivity contribution in [3.8, 4) is 0 Å². The average molecular weight is 597 g/mol. The molecule has 1 aliphatic heterocycles. The first-order chi connectivity index (χ1) is 20.5. The molecule has 2 amide bonds. The number of fused-ring (bicyclic) bond motifs is 1. The molecular weight excluding hydrogens is 566 g/mol. The molecule has 4 aromatic carbocycles. The van der Waals surface area contributed by atoms with Gasteiger partial charge in [-0.05, 0) is 65.9 Å². The third-order valence-corrected chi connectivity index (χ3v) is 8.72. The predicted molar refractivity (Wildman–Crippen MR) is 169 cm³/mol. The van der Waals surface area contributed by atoms with Gasteiger partial charge in [0.1, 0.15) is 6.54 Å². The molecule has 6 rings (SSSR count). The predicted octanol–water partition coefficient (Wildman–Crippen LogP) is 5.85. The monoisotopic (exact) mass is 596 g/mol. The van der Waals surface area contributed by atoms with E-state index < -0.39 is 0 Å². The number of hydrogen-bond acceptors (Lipinski definition) is 4. The van der Waals surface area contributed by atoms with Crippen LogP contribution in [0.3, 0.4) is 0 Å². The van der Waals surface area contributed by atoms with Crippen molar-refractivity contribution in [1.29, 1.82) is 0 Å². The molecule has 212 valence electrons. The van der Waals surface area contributed by atoms with Crippen molar-refractivity contribution < 1.29 is 14.2 Å². The second kappa shape index (κ2) is 12.7. The van der Waals surface area contributed by atoms with Crippen molar-refractivity contribution >= 4 is 57.6 Å². The van der Waals surface area contributed by atoms with Crippen molar-refractivity contribution in [3.05, 3.63) is 119 Å². The molecule has 2 N–H and O–H groups in total. The van der Waals surface area contributed by atoms with Gasteiger partial charge in [-0.2, -0.15) is 0 Å². The summed E-state index contributed by atoms with van der Waals surface area (Å²) in [5.74, 6) is 0.184. The highest BCUT2D eigenvalue weighted by molar-refractivity contribution is 7.99. The minimum atomic E-state index is -0.0654. The summed E-state index contributed by atoms with van der Waals surface area (Å²) in [7, 11) is 0. The molecule has 0 unspecified atom stereocenters. The quantitative estimate of drug-likeness (QED) is 0.174. The van der Waals surface area contributed by atoms with E-state index in [0.717, 1.165) is 47.2 Å². The van der Waals surface area contributed by atoms with Crippen LogP contribution in [0.1, 0.15) is 15.9 Å². The lowest BCUT2D eigenvalue weighted by Gasteiger charge is -2.36. The van der Waals surface area contributed by atoms with Crippen LogP contribution in [0.2, 0.25) is 5.02 Å². The molecule has 0 saturated carbocycles. The lowest BCUT2D eigenvalue weighted by atomic mass is 10.1. The summed E-state index contributed by atoms with van der Waals surface area (Å²) in [6.45, 7) is 3.42. The van der Waals surface area contributed by atoms with Gasteiger partial charge in [0.2, 0.25) is 5.91 Å². The Kier molecular flexibility index (Phi) is 8.44. The Morgan fingerprint density at radius 1 is 0.833 bits per heavy atom. The first kappa shape index (κ1) is 27.9. The van der Waals surface area contributed by atoms with Gasteiger partial charge < -0.3 is 15.1 Å². The molecule has 9 heteroatoms. The van der Waals surface area contributed by atoms with Gasteiger partial charge in [0.15, 0.2) is 11.0 Å². The molecule has 1 saturated heterocycles. The maximum absolute atomic E-state index is 12.9. The van der Waals surface area contributed by atoms with E-state index in [4.69, 9.17) is 11.6 Å². The minimum absolute atomic E-state index is 0.0331. The third kappa shape index (κ3) is 6.30. The lowest BCUT2D eigenvalue weighted by molar-refractivity contribution is -0.700. The average Bonchev–Trinajstić information content (AvgIpc) is 3.38. The fraction of sp³-hybridized carbons (Fsp3) is 0.182. The number of nitrogens with one attached hydrogen (secondary N) is 2. The number of aromatic nitrogens is 2. The zero-order chi connectivity index (χ0) is 28.9. The molecule has 42 heavy (non-hydrogen) atoms. The maximum Gasteiger partial charge on any atom is 0.317 e. The number of carbonyl (C=O) groups excluding carboxylic acids is 2. The van der Waals surface area contributed by atoms with E-state index in [2.05, 4.69) is 44.0 Å². The van der Waals surface area contributed by atoms with Crippen LogP contribution in [-0.2, 0) is 11.3 Å². The van der Waals surface area contributed by atoms with E-state index in [0.29, 0.717) is 23.7 Å². The number of piperazine rings is 1. The summed E-state index contributed by atoms with van der Waals surface area (Å²) >= 11 is 7.72. The van der Waals surface area contributed by atoms with Crippen LogP contribution in [0, 0.1) is 0 Å². The van der Waals surface area contributed by atoms with Gasteiger partial charge in [-0.1, -0.05) is 66.2 Å². The van der Waals surface area contributed by atoms with E-state index in [1.165, 1.54) is 17.3 Å². The van der Waals surface area contributed by atoms with E-state index in [1.807, 2.05) is 71.6 Å². The smallest absolute Gasteiger partial charge is 0.317 e. The molecule has 0 bridgehead atoms. The number of carbonyl (C=O) groups is 2. The van der Waals surface area contributed by atoms with Crippen LogP contribution in [0.5, 0.6) is 0 Å². The Hall–Kier alpha value is -4.27.